The monoisotopic (exact) mass is 368 g/mol. The molecule has 144 valence electrons. The van der Waals surface area contributed by atoms with E-state index in [1.807, 2.05) is 42.2 Å². The van der Waals surface area contributed by atoms with Gasteiger partial charge in [0.1, 0.15) is 0 Å². The summed E-state index contributed by atoms with van der Waals surface area (Å²) in [5.74, 6) is 1.67. The normalized spacial score (nSPS) is 20.9. The molecule has 2 aliphatic heterocycles. The predicted octanol–water partition coefficient (Wildman–Crippen LogP) is 2.09. The summed E-state index contributed by atoms with van der Waals surface area (Å²) in [7, 11) is 0. The van der Waals surface area contributed by atoms with Gasteiger partial charge in [0.25, 0.3) is 0 Å². The molecule has 2 fully saturated rings. The number of amides is 1. The van der Waals surface area contributed by atoms with E-state index in [2.05, 4.69) is 15.2 Å². The molecule has 1 aromatic carbocycles. The molecule has 0 bridgehead atoms. The summed E-state index contributed by atoms with van der Waals surface area (Å²) >= 11 is 0. The minimum absolute atomic E-state index is 0.213. The molecule has 1 atom stereocenters. The van der Waals surface area contributed by atoms with Gasteiger partial charge in [-0.15, -0.1) is 0 Å². The van der Waals surface area contributed by atoms with Crippen LogP contribution in [0, 0.1) is 6.92 Å². The number of aryl methyl sites for hydroxylation is 2. The Bertz CT molecular complexity index is 768. The largest absolute Gasteiger partial charge is 0.440 e. The number of nitrogens with one attached hydrogen (secondary N) is 1. The number of carbonyl (C=O) groups is 1. The van der Waals surface area contributed by atoms with Gasteiger partial charge in [-0.3, -0.25) is 9.69 Å². The molecule has 4 rings (SSSR count). The van der Waals surface area contributed by atoms with Crippen molar-refractivity contribution in [2.24, 2.45) is 0 Å². The van der Waals surface area contributed by atoms with E-state index in [0.717, 1.165) is 62.7 Å². The molecule has 2 saturated heterocycles. The van der Waals surface area contributed by atoms with Crippen molar-refractivity contribution in [3.05, 3.63) is 41.9 Å². The number of benzene rings is 1. The van der Waals surface area contributed by atoms with Crippen LogP contribution < -0.4 is 5.32 Å². The maximum absolute atomic E-state index is 12.6. The number of oxazole rings is 1. The molecular weight excluding hydrogens is 340 g/mol. The van der Waals surface area contributed by atoms with Crippen LogP contribution in [0.2, 0.25) is 0 Å². The van der Waals surface area contributed by atoms with Gasteiger partial charge in [0, 0.05) is 63.7 Å². The molecule has 6 nitrogen and oxygen atoms in total. The SMILES string of the molecule is Cc1nc(CCC(=O)N2CCC(N3CCNCC3)C2)oc1-c1ccccc1. The lowest BCUT2D eigenvalue weighted by Crippen LogP contribution is -2.49. The van der Waals surface area contributed by atoms with Gasteiger partial charge >= 0.3 is 0 Å². The first-order valence-corrected chi connectivity index (χ1v) is 9.95. The van der Waals surface area contributed by atoms with Gasteiger partial charge in [-0.05, 0) is 13.3 Å². The summed E-state index contributed by atoms with van der Waals surface area (Å²) in [5, 5.41) is 3.39. The maximum atomic E-state index is 12.6. The number of nitrogens with zero attached hydrogens (tertiary/aromatic N) is 3. The van der Waals surface area contributed by atoms with Crippen LogP contribution in [-0.4, -0.2) is 66.0 Å². The van der Waals surface area contributed by atoms with E-state index < -0.39 is 0 Å². The van der Waals surface area contributed by atoms with Gasteiger partial charge in [-0.1, -0.05) is 30.3 Å². The second kappa shape index (κ2) is 8.23. The first-order chi connectivity index (χ1) is 13.2. The van der Waals surface area contributed by atoms with Gasteiger partial charge in [0.15, 0.2) is 11.7 Å². The fourth-order valence-electron chi connectivity index (χ4n) is 4.10. The second-order valence-electron chi connectivity index (χ2n) is 7.46. The molecule has 2 aromatic rings. The molecule has 0 saturated carbocycles. The molecule has 6 heteroatoms. The number of carbonyl (C=O) groups excluding carboxylic acids is 1. The van der Waals surface area contributed by atoms with Crippen LogP contribution in [0.1, 0.15) is 24.4 Å². The van der Waals surface area contributed by atoms with Crippen molar-refractivity contribution in [1.82, 2.24) is 20.1 Å². The lowest BCUT2D eigenvalue weighted by Gasteiger charge is -2.32. The van der Waals surface area contributed by atoms with Gasteiger partial charge in [-0.25, -0.2) is 4.98 Å². The number of likely N-dealkylation sites (tertiary alicyclic amines) is 1. The average molecular weight is 368 g/mol. The molecule has 1 unspecified atom stereocenters. The zero-order valence-electron chi connectivity index (χ0n) is 16.0. The highest BCUT2D eigenvalue weighted by molar-refractivity contribution is 5.76. The van der Waals surface area contributed by atoms with Crippen LogP contribution in [0.25, 0.3) is 11.3 Å². The minimum atomic E-state index is 0.213. The molecule has 27 heavy (non-hydrogen) atoms. The Morgan fingerprint density at radius 1 is 1.22 bits per heavy atom. The molecule has 0 aliphatic carbocycles. The average Bonchev–Trinajstić information content (AvgIpc) is 3.35. The topological polar surface area (TPSA) is 61.6 Å². The quantitative estimate of drug-likeness (QED) is 0.876. The Kier molecular flexibility index (Phi) is 5.55. The van der Waals surface area contributed by atoms with Crippen LogP contribution >= 0.6 is 0 Å². The highest BCUT2D eigenvalue weighted by atomic mass is 16.4. The van der Waals surface area contributed by atoms with E-state index in [0.29, 0.717) is 24.8 Å². The predicted molar refractivity (Wildman–Crippen MR) is 104 cm³/mol. The second-order valence-corrected chi connectivity index (χ2v) is 7.46. The smallest absolute Gasteiger partial charge is 0.223 e. The summed E-state index contributed by atoms with van der Waals surface area (Å²) in [4.78, 5) is 21.7. The number of hydrogen-bond acceptors (Lipinski definition) is 5. The van der Waals surface area contributed by atoms with Crippen LogP contribution in [0.15, 0.2) is 34.7 Å². The maximum Gasteiger partial charge on any atom is 0.223 e. The van der Waals surface area contributed by atoms with Crippen LogP contribution in [0.5, 0.6) is 0 Å². The molecule has 1 amide bonds. The van der Waals surface area contributed by atoms with Crippen molar-refractivity contribution < 1.29 is 9.21 Å². The summed E-state index contributed by atoms with van der Waals surface area (Å²) in [6, 6.07) is 10.5. The van der Waals surface area contributed by atoms with Crippen LogP contribution in [0.3, 0.4) is 0 Å². The van der Waals surface area contributed by atoms with Gasteiger partial charge in [-0.2, -0.15) is 0 Å². The third kappa shape index (κ3) is 4.22. The minimum Gasteiger partial charge on any atom is -0.440 e. The lowest BCUT2D eigenvalue weighted by molar-refractivity contribution is -0.130. The van der Waals surface area contributed by atoms with E-state index in [4.69, 9.17) is 4.42 Å². The zero-order chi connectivity index (χ0) is 18.6. The van der Waals surface area contributed by atoms with Crippen LogP contribution in [-0.2, 0) is 11.2 Å². The molecule has 1 aromatic heterocycles. The summed E-state index contributed by atoms with van der Waals surface area (Å²) in [6.07, 6.45) is 2.10. The first kappa shape index (κ1) is 18.2. The van der Waals surface area contributed by atoms with E-state index >= 15 is 0 Å². The van der Waals surface area contributed by atoms with E-state index in [9.17, 15) is 4.79 Å². The zero-order valence-corrected chi connectivity index (χ0v) is 16.0. The molecule has 2 aliphatic rings. The summed E-state index contributed by atoms with van der Waals surface area (Å²) in [5.41, 5.74) is 1.90. The number of piperazine rings is 1. The fourth-order valence-corrected chi connectivity index (χ4v) is 4.10. The number of hydrogen-bond donors (Lipinski definition) is 1. The Morgan fingerprint density at radius 3 is 2.78 bits per heavy atom. The van der Waals surface area contributed by atoms with Crippen molar-refractivity contribution in [3.8, 4) is 11.3 Å². The Balaban J connectivity index is 1.31. The molecule has 1 N–H and O–H groups in total. The van der Waals surface area contributed by atoms with Crippen molar-refractivity contribution >= 4 is 5.91 Å². The van der Waals surface area contributed by atoms with Crippen molar-refractivity contribution in [2.45, 2.75) is 32.2 Å². The van der Waals surface area contributed by atoms with Gasteiger partial charge < -0.3 is 14.6 Å². The number of rotatable bonds is 5. The van der Waals surface area contributed by atoms with E-state index in [-0.39, 0.29) is 5.91 Å². The van der Waals surface area contributed by atoms with Gasteiger partial charge in [0.05, 0.1) is 5.69 Å². The number of aromatic nitrogens is 1. The Morgan fingerprint density at radius 2 is 2.00 bits per heavy atom. The standard InChI is InChI=1S/C21H28N4O2/c1-16-21(17-5-3-2-4-6-17)27-19(23-16)7-8-20(26)25-12-9-18(15-25)24-13-10-22-11-14-24/h2-6,18,22H,7-15H2,1H3. The van der Waals surface area contributed by atoms with Crippen molar-refractivity contribution in [3.63, 3.8) is 0 Å². The van der Waals surface area contributed by atoms with Gasteiger partial charge in [0.2, 0.25) is 5.91 Å². The van der Waals surface area contributed by atoms with Crippen LogP contribution in [0.4, 0.5) is 0 Å². The Hall–Kier alpha value is -2.18. The van der Waals surface area contributed by atoms with E-state index in [1.165, 1.54) is 0 Å². The lowest BCUT2D eigenvalue weighted by atomic mass is 10.1. The molecule has 0 radical (unpaired) electrons. The molecule has 0 spiro atoms. The highest BCUT2D eigenvalue weighted by Gasteiger charge is 2.30. The highest BCUT2D eigenvalue weighted by Crippen LogP contribution is 2.25. The Labute approximate surface area is 160 Å². The third-order valence-electron chi connectivity index (χ3n) is 5.61. The third-order valence-corrected chi connectivity index (χ3v) is 5.61. The fraction of sp³-hybridized carbons (Fsp3) is 0.524. The van der Waals surface area contributed by atoms with Crippen molar-refractivity contribution in [2.75, 3.05) is 39.3 Å². The van der Waals surface area contributed by atoms with E-state index in [1.54, 1.807) is 0 Å². The first-order valence-electron chi connectivity index (χ1n) is 9.95. The molecule has 3 heterocycles. The van der Waals surface area contributed by atoms with Crippen molar-refractivity contribution in [1.29, 1.82) is 0 Å². The molecular formula is C21H28N4O2. The summed E-state index contributed by atoms with van der Waals surface area (Å²) < 4.78 is 5.93. The summed E-state index contributed by atoms with van der Waals surface area (Å²) in [6.45, 7) is 7.96.